The van der Waals surface area contributed by atoms with E-state index in [1.807, 2.05) is 20.9 Å². The average Bonchev–Trinajstić information content (AvgIpc) is 2.57. The van der Waals surface area contributed by atoms with Gasteiger partial charge in [-0.25, -0.2) is 0 Å². The second kappa shape index (κ2) is 5.19. The maximum Gasteiger partial charge on any atom is 0.130 e. The summed E-state index contributed by atoms with van der Waals surface area (Å²) in [5, 5.41) is 19.0. The van der Waals surface area contributed by atoms with Gasteiger partial charge in [-0.15, -0.1) is 0 Å². The van der Waals surface area contributed by atoms with E-state index in [9.17, 15) is 5.11 Å². The summed E-state index contributed by atoms with van der Waals surface area (Å²) in [7, 11) is 1.83. The number of aromatic nitrogens is 2. The van der Waals surface area contributed by atoms with Crippen molar-refractivity contribution >= 4 is 11.6 Å². The maximum atomic E-state index is 10.7. The minimum absolute atomic E-state index is 0.280. The summed E-state index contributed by atoms with van der Waals surface area (Å²) < 4.78 is 1.67. The third-order valence-corrected chi connectivity index (χ3v) is 4.45. The first-order valence-corrected chi connectivity index (χ1v) is 6.90. The van der Waals surface area contributed by atoms with E-state index < -0.39 is 5.60 Å². The number of hydrogen-bond acceptors (Lipinski definition) is 3. The predicted molar refractivity (Wildman–Crippen MR) is 72.9 cm³/mol. The molecule has 18 heavy (non-hydrogen) atoms. The first-order chi connectivity index (χ1) is 8.42. The minimum atomic E-state index is -0.731. The Morgan fingerprint density at radius 2 is 2.33 bits per heavy atom. The molecule has 2 unspecified atom stereocenters. The quantitative estimate of drug-likeness (QED) is 0.879. The van der Waals surface area contributed by atoms with Gasteiger partial charge in [0.05, 0.1) is 11.3 Å². The number of aliphatic hydroxyl groups is 1. The number of piperidine rings is 1. The number of halogens is 1. The van der Waals surface area contributed by atoms with Gasteiger partial charge in [0.15, 0.2) is 0 Å². The van der Waals surface area contributed by atoms with Crippen LogP contribution in [0, 0.1) is 12.8 Å². The molecular formula is C13H22ClN3O. The van der Waals surface area contributed by atoms with Crippen molar-refractivity contribution in [2.24, 2.45) is 13.0 Å². The lowest BCUT2D eigenvalue weighted by atomic mass is 9.79. The molecule has 2 N–H and O–H groups in total. The van der Waals surface area contributed by atoms with E-state index in [0.29, 0.717) is 11.6 Å². The van der Waals surface area contributed by atoms with Crippen LogP contribution in [0.25, 0.3) is 0 Å². The molecule has 102 valence electrons. The Bertz CT molecular complexity index is 422. The summed E-state index contributed by atoms with van der Waals surface area (Å²) in [6, 6.07) is 0. The van der Waals surface area contributed by atoms with Gasteiger partial charge >= 0.3 is 0 Å². The van der Waals surface area contributed by atoms with Gasteiger partial charge in [0, 0.05) is 31.5 Å². The van der Waals surface area contributed by atoms with Crippen molar-refractivity contribution in [1.29, 1.82) is 0 Å². The average molecular weight is 272 g/mol. The van der Waals surface area contributed by atoms with Crippen molar-refractivity contribution < 1.29 is 5.11 Å². The number of aryl methyl sites for hydroxylation is 2. The van der Waals surface area contributed by atoms with E-state index in [0.717, 1.165) is 37.2 Å². The molecule has 1 fully saturated rings. The normalized spacial score (nSPS) is 23.9. The van der Waals surface area contributed by atoms with Crippen LogP contribution in [0.2, 0.25) is 5.15 Å². The molecule has 2 atom stereocenters. The maximum absolute atomic E-state index is 10.7. The standard InChI is InChI=1S/C13H22ClN3O/c1-9-11(12(14)17(3)16-9)7-13(2,18)10-5-4-6-15-8-10/h10,15,18H,4-8H2,1-3H3. The third-order valence-electron chi connectivity index (χ3n) is 3.98. The van der Waals surface area contributed by atoms with Crippen LogP contribution in [0.3, 0.4) is 0 Å². The Hall–Kier alpha value is -0.580. The molecule has 2 rings (SSSR count). The lowest BCUT2D eigenvalue weighted by Crippen LogP contribution is -2.45. The number of nitrogens with zero attached hydrogens (tertiary/aromatic N) is 2. The van der Waals surface area contributed by atoms with Crippen molar-refractivity contribution in [3.63, 3.8) is 0 Å². The molecule has 1 aromatic rings. The molecule has 0 spiro atoms. The Morgan fingerprint density at radius 3 is 2.83 bits per heavy atom. The smallest absolute Gasteiger partial charge is 0.130 e. The van der Waals surface area contributed by atoms with Crippen molar-refractivity contribution in [3.05, 3.63) is 16.4 Å². The Morgan fingerprint density at radius 1 is 1.61 bits per heavy atom. The highest BCUT2D eigenvalue weighted by Gasteiger charge is 2.34. The summed E-state index contributed by atoms with van der Waals surface area (Å²) in [6.07, 6.45) is 2.76. The SMILES string of the molecule is Cc1nn(C)c(Cl)c1CC(C)(O)C1CCCNC1. The molecule has 0 bridgehead atoms. The van der Waals surface area contributed by atoms with E-state index in [1.54, 1.807) is 4.68 Å². The fourth-order valence-corrected chi connectivity index (χ4v) is 3.00. The van der Waals surface area contributed by atoms with Gasteiger partial charge in [-0.05, 0) is 33.2 Å². The highest BCUT2D eigenvalue weighted by molar-refractivity contribution is 6.30. The van der Waals surface area contributed by atoms with Gasteiger partial charge in [0.1, 0.15) is 5.15 Å². The third kappa shape index (κ3) is 2.71. The molecule has 0 aromatic carbocycles. The fourth-order valence-electron chi connectivity index (χ4n) is 2.76. The van der Waals surface area contributed by atoms with Crippen molar-refractivity contribution in [1.82, 2.24) is 15.1 Å². The van der Waals surface area contributed by atoms with Crippen LogP contribution in [-0.2, 0) is 13.5 Å². The van der Waals surface area contributed by atoms with Gasteiger partial charge < -0.3 is 10.4 Å². The molecule has 4 nitrogen and oxygen atoms in total. The van der Waals surface area contributed by atoms with Gasteiger partial charge in [0.25, 0.3) is 0 Å². The second-order valence-corrected chi connectivity index (χ2v) is 5.91. The molecular weight excluding hydrogens is 250 g/mol. The number of rotatable bonds is 3. The number of hydrogen-bond donors (Lipinski definition) is 2. The molecule has 0 amide bonds. The van der Waals surface area contributed by atoms with E-state index in [4.69, 9.17) is 11.6 Å². The van der Waals surface area contributed by atoms with Crippen LogP contribution in [0.5, 0.6) is 0 Å². The van der Waals surface area contributed by atoms with Crippen molar-refractivity contribution in [3.8, 4) is 0 Å². The van der Waals surface area contributed by atoms with Crippen LogP contribution in [0.1, 0.15) is 31.0 Å². The Kier molecular flexibility index (Phi) is 3.99. The highest BCUT2D eigenvalue weighted by atomic mass is 35.5. The van der Waals surface area contributed by atoms with Crippen LogP contribution in [0.4, 0.5) is 0 Å². The summed E-state index contributed by atoms with van der Waals surface area (Å²) in [5.41, 5.74) is 1.14. The predicted octanol–water partition coefficient (Wildman–Crippen LogP) is 1.68. The number of nitrogens with one attached hydrogen (secondary N) is 1. The lowest BCUT2D eigenvalue weighted by molar-refractivity contribution is -0.0103. The zero-order valence-corrected chi connectivity index (χ0v) is 12.1. The minimum Gasteiger partial charge on any atom is -0.389 e. The molecule has 1 aromatic heterocycles. The zero-order valence-electron chi connectivity index (χ0n) is 11.3. The van der Waals surface area contributed by atoms with Gasteiger partial charge in [0.2, 0.25) is 0 Å². The van der Waals surface area contributed by atoms with Crippen LogP contribution in [-0.4, -0.2) is 33.6 Å². The summed E-state index contributed by atoms with van der Waals surface area (Å²) in [5.74, 6) is 0.280. The van der Waals surface area contributed by atoms with E-state index in [2.05, 4.69) is 10.4 Å². The monoisotopic (exact) mass is 271 g/mol. The molecule has 0 radical (unpaired) electrons. The summed E-state index contributed by atoms with van der Waals surface area (Å²) in [6.45, 7) is 5.78. The van der Waals surface area contributed by atoms with Crippen LogP contribution >= 0.6 is 11.6 Å². The highest BCUT2D eigenvalue weighted by Crippen LogP contribution is 2.31. The zero-order chi connectivity index (χ0) is 13.3. The Labute approximate surface area is 113 Å². The van der Waals surface area contributed by atoms with E-state index >= 15 is 0 Å². The van der Waals surface area contributed by atoms with Crippen molar-refractivity contribution in [2.45, 2.75) is 38.7 Å². The fraction of sp³-hybridized carbons (Fsp3) is 0.769. The topological polar surface area (TPSA) is 50.1 Å². The van der Waals surface area contributed by atoms with E-state index in [-0.39, 0.29) is 5.92 Å². The summed E-state index contributed by atoms with van der Waals surface area (Å²) in [4.78, 5) is 0. The molecule has 5 heteroatoms. The molecule has 0 aliphatic carbocycles. The van der Waals surface area contributed by atoms with Crippen molar-refractivity contribution in [2.75, 3.05) is 13.1 Å². The molecule has 1 aliphatic heterocycles. The Balaban J connectivity index is 2.15. The van der Waals surface area contributed by atoms with Crippen LogP contribution in [0.15, 0.2) is 0 Å². The van der Waals surface area contributed by atoms with Gasteiger partial charge in [-0.1, -0.05) is 11.6 Å². The summed E-state index contributed by atoms with van der Waals surface area (Å²) >= 11 is 6.23. The lowest BCUT2D eigenvalue weighted by Gasteiger charge is -2.36. The van der Waals surface area contributed by atoms with Crippen LogP contribution < -0.4 is 5.32 Å². The molecule has 1 saturated heterocycles. The molecule has 1 aliphatic rings. The van der Waals surface area contributed by atoms with Gasteiger partial charge in [-0.2, -0.15) is 5.10 Å². The molecule has 0 saturated carbocycles. The van der Waals surface area contributed by atoms with Gasteiger partial charge in [-0.3, -0.25) is 4.68 Å². The first-order valence-electron chi connectivity index (χ1n) is 6.53. The second-order valence-electron chi connectivity index (χ2n) is 5.56. The molecule has 2 heterocycles. The first kappa shape index (κ1) is 13.8. The van der Waals surface area contributed by atoms with E-state index in [1.165, 1.54) is 0 Å². The largest absolute Gasteiger partial charge is 0.389 e.